The Bertz CT molecular complexity index is 155. The first-order valence-electron chi connectivity index (χ1n) is 6.28. The molecule has 1 aliphatic rings. The molecule has 2 nitrogen and oxygen atoms in total. The molecule has 90 valence electrons. The molecule has 0 aromatic carbocycles. The van der Waals surface area contributed by atoms with Gasteiger partial charge in [0.05, 0.1) is 6.10 Å². The third kappa shape index (κ3) is 5.23. The molecule has 15 heavy (non-hydrogen) atoms. The fraction of sp³-hybridized carbons (Fsp3) is 1.00. The molecule has 0 aliphatic heterocycles. The summed E-state index contributed by atoms with van der Waals surface area (Å²) in [4.78, 5) is 0. The van der Waals surface area contributed by atoms with Crippen molar-refractivity contribution in [1.29, 1.82) is 0 Å². The van der Waals surface area contributed by atoms with E-state index in [1.165, 1.54) is 43.6 Å². The molecule has 1 saturated carbocycles. The van der Waals surface area contributed by atoms with E-state index in [9.17, 15) is 0 Å². The Hall–Kier alpha value is 0.270. The number of hydrogen-bond acceptors (Lipinski definition) is 3. The minimum Gasteiger partial charge on any atom is -0.378 e. The Morgan fingerprint density at radius 1 is 1.33 bits per heavy atom. The summed E-state index contributed by atoms with van der Waals surface area (Å²) < 4.78 is 5.94. The van der Waals surface area contributed by atoms with Crippen LogP contribution >= 0.6 is 11.8 Å². The van der Waals surface area contributed by atoms with Crippen molar-refractivity contribution in [3.63, 3.8) is 0 Å². The fourth-order valence-electron chi connectivity index (χ4n) is 2.20. The summed E-state index contributed by atoms with van der Waals surface area (Å²) in [5.74, 6) is 3.07. The molecule has 0 heterocycles. The van der Waals surface area contributed by atoms with Crippen molar-refractivity contribution < 1.29 is 4.74 Å². The van der Waals surface area contributed by atoms with E-state index in [4.69, 9.17) is 10.5 Å². The van der Waals surface area contributed by atoms with Crippen LogP contribution in [0, 0.1) is 5.92 Å². The first-order chi connectivity index (χ1) is 7.38. The highest BCUT2D eigenvalue weighted by Gasteiger charge is 2.24. The average molecular weight is 231 g/mol. The normalized spacial score (nSPS) is 26.8. The highest BCUT2D eigenvalue weighted by atomic mass is 32.2. The smallest absolute Gasteiger partial charge is 0.0615 e. The Labute approximate surface area is 98.3 Å². The second-order valence-electron chi connectivity index (χ2n) is 4.24. The lowest BCUT2D eigenvalue weighted by molar-refractivity contribution is -0.00715. The molecule has 1 rings (SSSR count). The van der Waals surface area contributed by atoms with Gasteiger partial charge in [0.1, 0.15) is 0 Å². The van der Waals surface area contributed by atoms with Crippen molar-refractivity contribution in [1.82, 2.24) is 0 Å². The van der Waals surface area contributed by atoms with Crippen LogP contribution in [-0.2, 0) is 4.74 Å². The number of rotatable bonds is 7. The minimum atomic E-state index is 0.454. The molecular formula is C12H25NOS. The van der Waals surface area contributed by atoms with Crippen LogP contribution in [0.25, 0.3) is 0 Å². The molecule has 1 fully saturated rings. The van der Waals surface area contributed by atoms with E-state index in [2.05, 4.69) is 6.92 Å². The summed E-state index contributed by atoms with van der Waals surface area (Å²) in [6.07, 6.45) is 6.80. The van der Waals surface area contributed by atoms with E-state index in [0.29, 0.717) is 12.0 Å². The van der Waals surface area contributed by atoms with Crippen molar-refractivity contribution in [2.24, 2.45) is 11.7 Å². The number of ether oxygens (including phenoxy) is 1. The molecule has 1 aliphatic carbocycles. The van der Waals surface area contributed by atoms with Crippen LogP contribution in [0.5, 0.6) is 0 Å². The van der Waals surface area contributed by atoms with Crippen LogP contribution in [-0.4, -0.2) is 30.8 Å². The summed E-state index contributed by atoms with van der Waals surface area (Å²) in [6.45, 7) is 3.93. The topological polar surface area (TPSA) is 35.2 Å². The summed E-state index contributed by atoms with van der Waals surface area (Å²) in [5, 5.41) is 0. The van der Waals surface area contributed by atoms with Gasteiger partial charge in [-0.15, -0.1) is 0 Å². The lowest BCUT2D eigenvalue weighted by Gasteiger charge is -2.30. The van der Waals surface area contributed by atoms with Gasteiger partial charge in [-0.2, -0.15) is 11.8 Å². The Morgan fingerprint density at radius 2 is 2.13 bits per heavy atom. The van der Waals surface area contributed by atoms with Gasteiger partial charge < -0.3 is 10.5 Å². The van der Waals surface area contributed by atoms with Crippen molar-refractivity contribution in [3.05, 3.63) is 0 Å². The van der Waals surface area contributed by atoms with Crippen molar-refractivity contribution >= 4 is 11.8 Å². The quantitative estimate of drug-likeness (QED) is 0.684. The van der Waals surface area contributed by atoms with Gasteiger partial charge in [-0.05, 0) is 43.2 Å². The van der Waals surface area contributed by atoms with Crippen molar-refractivity contribution in [2.75, 3.05) is 24.7 Å². The van der Waals surface area contributed by atoms with Crippen LogP contribution in [0.15, 0.2) is 0 Å². The Morgan fingerprint density at radius 3 is 2.87 bits per heavy atom. The number of nitrogens with two attached hydrogens (primary N) is 1. The molecule has 0 saturated heterocycles. The van der Waals surface area contributed by atoms with E-state index < -0.39 is 0 Å². The molecule has 2 atom stereocenters. The third-order valence-electron chi connectivity index (χ3n) is 3.11. The molecule has 0 spiro atoms. The van der Waals surface area contributed by atoms with Gasteiger partial charge in [0.15, 0.2) is 0 Å². The van der Waals surface area contributed by atoms with E-state index in [0.717, 1.165) is 13.2 Å². The van der Waals surface area contributed by atoms with Gasteiger partial charge in [0.25, 0.3) is 0 Å². The highest BCUT2D eigenvalue weighted by molar-refractivity contribution is 7.99. The van der Waals surface area contributed by atoms with Crippen molar-refractivity contribution in [2.45, 2.75) is 45.1 Å². The van der Waals surface area contributed by atoms with Crippen LogP contribution in [0.3, 0.4) is 0 Å². The van der Waals surface area contributed by atoms with Crippen LogP contribution < -0.4 is 5.73 Å². The zero-order chi connectivity index (χ0) is 10.9. The summed E-state index contributed by atoms with van der Waals surface area (Å²) in [6, 6.07) is 0. The van der Waals surface area contributed by atoms with Crippen LogP contribution in [0.2, 0.25) is 0 Å². The maximum Gasteiger partial charge on any atom is 0.0615 e. The lowest BCUT2D eigenvalue weighted by Crippen LogP contribution is -2.33. The van der Waals surface area contributed by atoms with E-state index in [1.807, 2.05) is 11.8 Å². The number of thioether (sulfide) groups is 1. The predicted octanol–water partition coefficient (Wildman–Crippen LogP) is 2.66. The first-order valence-corrected chi connectivity index (χ1v) is 7.43. The average Bonchev–Trinajstić information content (AvgIpc) is 2.29. The molecule has 0 bridgehead atoms. The van der Waals surface area contributed by atoms with Gasteiger partial charge >= 0.3 is 0 Å². The van der Waals surface area contributed by atoms with Gasteiger partial charge in [-0.3, -0.25) is 0 Å². The maximum atomic E-state index is 5.94. The van der Waals surface area contributed by atoms with Crippen LogP contribution in [0.1, 0.15) is 39.0 Å². The largest absolute Gasteiger partial charge is 0.378 e. The van der Waals surface area contributed by atoms with Crippen LogP contribution in [0.4, 0.5) is 0 Å². The summed E-state index contributed by atoms with van der Waals surface area (Å²) in [5.41, 5.74) is 5.76. The highest BCUT2D eigenvalue weighted by Crippen LogP contribution is 2.26. The maximum absolute atomic E-state index is 5.94. The Balaban J connectivity index is 2.07. The van der Waals surface area contributed by atoms with E-state index >= 15 is 0 Å². The van der Waals surface area contributed by atoms with Gasteiger partial charge in [-0.1, -0.05) is 19.8 Å². The predicted molar refractivity (Wildman–Crippen MR) is 68.4 cm³/mol. The molecule has 2 N–H and O–H groups in total. The molecule has 0 amide bonds. The minimum absolute atomic E-state index is 0.454. The first kappa shape index (κ1) is 13.3. The fourth-order valence-corrected chi connectivity index (χ4v) is 2.81. The SMILES string of the molecule is CCSCCCOC1CCCCC1CN. The van der Waals surface area contributed by atoms with E-state index in [-0.39, 0.29) is 0 Å². The molecule has 0 aromatic rings. The second kappa shape index (κ2) is 8.43. The van der Waals surface area contributed by atoms with Gasteiger partial charge in [0.2, 0.25) is 0 Å². The lowest BCUT2D eigenvalue weighted by atomic mass is 9.86. The zero-order valence-electron chi connectivity index (χ0n) is 9.91. The molecule has 0 aromatic heterocycles. The monoisotopic (exact) mass is 231 g/mol. The number of hydrogen-bond donors (Lipinski definition) is 1. The molecule has 2 unspecified atom stereocenters. The summed E-state index contributed by atoms with van der Waals surface area (Å²) in [7, 11) is 0. The summed E-state index contributed by atoms with van der Waals surface area (Å²) >= 11 is 2.00. The zero-order valence-corrected chi connectivity index (χ0v) is 10.7. The third-order valence-corrected chi connectivity index (χ3v) is 4.10. The molecule has 0 radical (unpaired) electrons. The van der Waals surface area contributed by atoms with Crippen molar-refractivity contribution in [3.8, 4) is 0 Å². The second-order valence-corrected chi connectivity index (χ2v) is 5.63. The van der Waals surface area contributed by atoms with E-state index in [1.54, 1.807) is 0 Å². The standard InChI is InChI=1S/C12H25NOS/c1-2-15-9-5-8-14-12-7-4-3-6-11(12)10-13/h11-12H,2-10,13H2,1H3. The molecular weight excluding hydrogens is 206 g/mol. The molecule has 3 heteroatoms. The van der Waals surface area contributed by atoms with Gasteiger partial charge in [-0.25, -0.2) is 0 Å². The van der Waals surface area contributed by atoms with Gasteiger partial charge in [0, 0.05) is 6.61 Å². The Kier molecular flexibility index (Phi) is 7.49.